The molecule has 0 radical (unpaired) electrons. The SMILES string of the molecule is N#Cc1ccc(-c2nc(Cl)ccc2[N+](=O)[O-])nc1. The van der Waals surface area contributed by atoms with Crippen LogP contribution >= 0.6 is 11.6 Å². The molecule has 0 unspecified atom stereocenters. The second kappa shape index (κ2) is 4.77. The highest BCUT2D eigenvalue weighted by Gasteiger charge is 2.18. The highest BCUT2D eigenvalue weighted by molar-refractivity contribution is 6.29. The number of hydrogen-bond acceptors (Lipinski definition) is 5. The topological polar surface area (TPSA) is 92.7 Å². The molecule has 2 rings (SSSR count). The van der Waals surface area contributed by atoms with Crippen molar-refractivity contribution in [1.82, 2.24) is 9.97 Å². The molecule has 0 aromatic carbocycles. The summed E-state index contributed by atoms with van der Waals surface area (Å²) in [6, 6.07) is 7.52. The lowest BCUT2D eigenvalue weighted by molar-refractivity contribution is -0.384. The van der Waals surface area contributed by atoms with Crippen LogP contribution in [0.1, 0.15) is 5.56 Å². The number of nitro groups is 1. The molecule has 88 valence electrons. The van der Waals surface area contributed by atoms with Gasteiger partial charge in [0.05, 0.1) is 16.2 Å². The molecule has 0 aliphatic carbocycles. The van der Waals surface area contributed by atoms with Gasteiger partial charge in [0.15, 0.2) is 5.69 Å². The van der Waals surface area contributed by atoms with E-state index in [1.54, 1.807) is 0 Å². The van der Waals surface area contributed by atoms with Gasteiger partial charge in [-0.2, -0.15) is 5.26 Å². The molecule has 6 nitrogen and oxygen atoms in total. The van der Waals surface area contributed by atoms with Gasteiger partial charge in [-0.15, -0.1) is 0 Å². The molecular weight excluding hydrogens is 256 g/mol. The van der Waals surface area contributed by atoms with Crippen molar-refractivity contribution in [2.75, 3.05) is 0 Å². The first-order valence-corrected chi connectivity index (χ1v) is 5.17. The Labute approximate surface area is 107 Å². The van der Waals surface area contributed by atoms with E-state index in [2.05, 4.69) is 9.97 Å². The van der Waals surface area contributed by atoms with Crippen LogP contribution in [0.5, 0.6) is 0 Å². The van der Waals surface area contributed by atoms with E-state index in [1.807, 2.05) is 6.07 Å². The molecule has 0 fully saturated rings. The average molecular weight is 261 g/mol. The Morgan fingerprint density at radius 2 is 2.11 bits per heavy atom. The number of hydrogen-bond donors (Lipinski definition) is 0. The van der Waals surface area contributed by atoms with Crippen molar-refractivity contribution in [3.63, 3.8) is 0 Å². The summed E-state index contributed by atoms with van der Waals surface area (Å²) in [6.45, 7) is 0. The third-order valence-electron chi connectivity index (χ3n) is 2.17. The van der Waals surface area contributed by atoms with Crippen LogP contribution in [0.4, 0.5) is 5.69 Å². The van der Waals surface area contributed by atoms with Crippen molar-refractivity contribution in [2.45, 2.75) is 0 Å². The smallest absolute Gasteiger partial charge is 0.258 e. The van der Waals surface area contributed by atoms with E-state index in [0.29, 0.717) is 11.3 Å². The van der Waals surface area contributed by atoms with Crippen LogP contribution in [0.3, 0.4) is 0 Å². The minimum absolute atomic E-state index is 0.0805. The summed E-state index contributed by atoms with van der Waals surface area (Å²) in [5.41, 5.74) is 0.556. The van der Waals surface area contributed by atoms with Gasteiger partial charge in [-0.05, 0) is 18.2 Å². The Bertz CT molecular complexity index is 649. The number of nitriles is 1. The van der Waals surface area contributed by atoms with Gasteiger partial charge < -0.3 is 0 Å². The summed E-state index contributed by atoms with van der Waals surface area (Å²) < 4.78 is 0. The van der Waals surface area contributed by atoms with Crippen molar-refractivity contribution < 1.29 is 4.92 Å². The first kappa shape index (κ1) is 12.0. The third-order valence-corrected chi connectivity index (χ3v) is 2.38. The fourth-order valence-electron chi connectivity index (χ4n) is 1.36. The van der Waals surface area contributed by atoms with Crippen molar-refractivity contribution in [2.24, 2.45) is 0 Å². The molecular formula is C11H5ClN4O2. The first-order valence-electron chi connectivity index (χ1n) is 4.79. The predicted octanol–water partition coefficient (Wildman–Crippen LogP) is 2.58. The normalized spacial score (nSPS) is 9.78. The second-order valence-corrected chi connectivity index (χ2v) is 3.69. The molecule has 0 aliphatic rings. The largest absolute Gasteiger partial charge is 0.297 e. The standard InChI is InChI=1S/C11H5ClN4O2/c12-10-4-3-9(16(17)18)11(15-10)8-2-1-7(5-13)6-14-8/h1-4,6H. The molecule has 2 heterocycles. The zero-order valence-electron chi connectivity index (χ0n) is 8.87. The summed E-state index contributed by atoms with van der Waals surface area (Å²) in [7, 11) is 0. The number of nitrogens with zero attached hydrogens (tertiary/aromatic N) is 4. The van der Waals surface area contributed by atoms with E-state index < -0.39 is 4.92 Å². The van der Waals surface area contributed by atoms with E-state index in [1.165, 1.54) is 30.5 Å². The zero-order chi connectivity index (χ0) is 13.1. The van der Waals surface area contributed by atoms with Gasteiger partial charge in [-0.25, -0.2) is 4.98 Å². The summed E-state index contributed by atoms with van der Waals surface area (Å²) in [4.78, 5) is 18.2. The average Bonchev–Trinajstić information content (AvgIpc) is 2.38. The number of aromatic nitrogens is 2. The van der Waals surface area contributed by atoms with Crippen LogP contribution in [0.2, 0.25) is 5.15 Å². The van der Waals surface area contributed by atoms with Crippen molar-refractivity contribution in [3.8, 4) is 17.5 Å². The Morgan fingerprint density at radius 3 is 2.67 bits per heavy atom. The van der Waals surface area contributed by atoms with Gasteiger partial charge in [0, 0.05) is 12.3 Å². The van der Waals surface area contributed by atoms with Gasteiger partial charge in [-0.1, -0.05) is 11.6 Å². The second-order valence-electron chi connectivity index (χ2n) is 3.30. The Morgan fingerprint density at radius 1 is 1.33 bits per heavy atom. The van der Waals surface area contributed by atoms with Crippen LogP contribution < -0.4 is 0 Å². The molecule has 18 heavy (non-hydrogen) atoms. The molecule has 0 spiro atoms. The Balaban J connectivity index is 2.58. The molecule has 0 saturated carbocycles. The van der Waals surface area contributed by atoms with Crippen molar-refractivity contribution in [1.29, 1.82) is 5.26 Å². The van der Waals surface area contributed by atoms with E-state index in [0.717, 1.165) is 0 Å². The Hall–Kier alpha value is -2.52. The molecule has 0 saturated heterocycles. The summed E-state index contributed by atoms with van der Waals surface area (Å²) in [5, 5.41) is 19.7. The zero-order valence-corrected chi connectivity index (χ0v) is 9.63. The highest BCUT2D eigenvalue weighted by atomic mass is 35.5. The monoisotopic (exact) mass is 260 g/mol. The third kappa shape index (κ3) is 2.26. The lowest BCUT2D eigenvalue weighted by Crippen LogP contribution is -1.96. The van der Waals surface area contributed by atoms with E-state index in [9.17, 15) is 10.1 Å². The molecule has 2 aromatic heterocycles. The lowest BCUT2D eigenvalue weighted by atomic mass is 10.2. The van der Waals surface area contributed by atoms with Gasteiger partial charge in [0.1, 0.15) is 11.2 Å². The van der Waals surface area contributed by atoms with E-state index in [4.69, 9.17) is 16.9 Å². The minimum Gasteiger partial charge on any atom is -0.258 e. The van der Waals surface area contributed by atoms with Crippen molar-refractivity contribution in [3.05, 3.63) is 51.3 Å². The quantitative estimate of drug-likeness (QED) is 0.470. The molecule has 0 bridgehead atoms. The lowest BCUT2D eigenvalue weighted by Gasteiger charge is -2.01. The maximum atomic E-state index is 10.9. The van der Waals surface area contributed by atoms with Crippen LogP contribution in [0.15, 0.2) is 30.5 Å². The number of halogens is 1. The predicted molar refractivity (Wildman–Crippen MR) is 63.8 cm³/mol. The number of pyridine rings is 2. The maximum absolute atomic E-state index is 10.9. The maximum Gasteiger partial charge on any atom is 0.297 e. The van der Waals surface area contributed by atoms with Crippen molar-refractivity contribution >= 4 is 17.3 Å². The molecule has 2 aromatic rings. The molecule has 0 atom stereocenters. The van der Waals surface area contributed by atoms with Crippen LogP contribution in [0, 0.1) is 21.4 Å². The van der Waals surface area contributed by atoms with Gasteiger partial charge in [0.25, 0.3) is 5.69 Å². The first-order chi connectivity index (χ1) is 8.61. The molecule has 0 amide bonds. The molecule has 7 heteroatoms. The van der Waals surface area contributed by atoms with Gasteiger partial charge in [-0.3, -0.25) is 15.1 Å². The Kier molecular flexibility index (Phi) is 3.17. The summed E-state index contributed by atoms with van der Waals surface area (Å²) >= 11 is 5.72. The number of rotatable bonds is 2. The minimum atomic E-state index is -0.557. The van der Waals surface area contributed by atoms with E-state index in [-0.39, 0.29) is 16.5 Å². The van der Waals surface area contributed by atoms with Crippen LogP contribution in [-0.4, -0.2) is 14.9 Å². The molecule has 0 N–H and O–H groups in total. The molecule has 0 aliphatic heterocycles. The van der Waals surface area contributed by atoms with Crippen LogP contribution in [0.25, 0.3) is 11.4 Å². The van der Waals surface area contributed by atoms with Gasteiger partial charge >= 0.3 is 0 Å². The van der Waals surface area contributed by atoms with Gasteiger partial charge in [0.2, 0.25) is 0 Å². The fourth-order valence-corrected chi connectivity index (χ4v) is 1.51. The van der Waals surface area contributed by atoms with Crippen LogP contribution in [-0.2, 0) is 0 Å². The summed E-state index contributed by atoms with van der Waals surface area (Å²) in [6.07, 6.45) is 1.32. The highest BCUT2D eigenvalue weighted by Crippen LogP contribution is 2.27. The summed E-state index contributed by atoms with van der Waals surface area (Å²) in [5.74, 6) is 0. The fraction of sp³-hybridized carbons (Fsp3) is 0. The van der Waals surface area contributed by atoms with E-state index >= 15 is 0 Å².